The summed E-state index contributed by atoms with van der Waals surface area (Å²) in [5.41, 5.74) is 0. The molecule has 4 heteroatoms. The van der Waals surface area contributed by atoms with E-state index in [0.29, 0.717) is 12.8 Å². The number of halogens is 1. The largest absolute Gasteiger partial charge is 0.462 e. The van der Waals surface area contributed by atoms with Gasteiger partial charge in [-0.05, 0) is 0 Å². The second kappa shape index (κ2) is 2.35. The van der Waals surface area contributed by atoms with Crippen LogP contribution in [0.3, 0.4) is 0 Å². The molecule has 0 spiro atoms. The highest BCUT2D eigenvalue weighted by Crippen LogP contribution is 2.39. The zero-order valence-corrected chi connectivity index (χ0v) is 6.62. The second-order valence-corrected chi connectivity index (χ2v) is 3.70. The number of carbonyl (C=O) groups is 1. The quantitative estimate of drug-likeness (QED) is 0.426. The smallest absolute Gasteiger partial charge is 0.306 e. The van der Waals surface area contributed by atoms with Crippen molar-refractivity contribution >= 4 is 17.6 Å². The number of aliphatic hydroxyl groups excluding tert-OH is 1. The van der Waals surface area contributed by atoms with Crippen LogP contribution >= 0.6 is 11.6 Å². The standard InChI is InChI=1S/C7H9ClO3/c8-4-2-5-3(7(4)10)1-6(9)11-5/h3-5,7,10H,1-2H2. The van der Waals surface area contributed by atoms with Gasteiger partial charge in [-0.3, -0.25) is 4.79 Å². The topological polar surface area (TPSA) is 46.5 Å². The Kier molecular flexibility index (Phi) is 1.58. The third kappa shape index (κ3) is 1.03. The van der Waals surface area contributed by atoms with E-state index in [1.54, 1.807) is 0 Å². The summed E-state index contributed by atoms with van der Waals surface area (Å²) in [6, 6.07) is 0. The van der Waals surface area contributed by atoms with Crippen LogP contribution in [0.5, 0.6) is 0 Å². The Balaban J connectivity index is 2.13. The zero-order chi connectivity index (χ0) is 8.01. The summed E-state index contributed by atoms with van der Waals surface area (Å²) in [5, 5.41) is 9.18. The van der Waals surface area contributed by atoms with Crippen LogP contribution < -0.4 is 0 Å². The summed E-state index contributed by atoms with van der Waals surface area (Å²) in [4.78, 5) is 10.7. The summed E-state index contributed by atoms with van der Waals surface area (Å²) in [5.74, 6) is -0.257. The molecular formula is C7H9ClO3. The van der Waals surface area contributed by atoms with Gasteiger partial charge in [-0.25, -0.2) is 0 Å². The first kappa shape index (κ1) is 7.37. The lowest BCUT2D eigenvalue weighted by atomic mass is 10.0. The van der Waals surface area contributed by atoms with Crippen molar-refractivity contribution < 1.29 is 14.6 Å². The molecule has 1 saturated carbocycles. The van der Waals surface area contributed by atoms with Crippen molar-refractivity contribution in [2.45, 2.75) is 30.4 Å². The molecule has 2 rings (SSSR count). The Hall–Kier alpha value is -0.280. The van der Waals surface area contributed by atoms with Crippen molar-refractivity contribution in [1.29, 1.82) is 0 Å². The molecule has 0 amide bonds. The van der Waals surface area contributed by atoms with Crippen LogP contribution in [0.25, 0.3) is 0 Å². The van der Waals surface area contributed by atoms with Gasteiger partial charge in [0.25, 0.3) is 0 Å². The van der Waals surface area contributed by atoms with Gasteiger partial charge in [-0.1, -0.05) is 0 Å². The van der Waals surface area contributed by atoms with Gasteiger partial charge < -0.3 is 9.84 Å². The SMILES string of the molecule is O=C1CC2C(CC(Cl)C2O)O1. The first-order valence-electron chi connectivity index (χ1n) is 3.70. The number of carbonyl (C=O) groups excluding carboxylic acids is 1. The summed E-state index contributed by atoms with van der Waals surface area (Å²) < 4.78 is 4.94. The van der Waals surface area contributed by atoms with Gasteiger partial charge in [-0.2, -0.15) is 0 Å². The van der Waals surface area contributed by atoms with Gasteiger partial charge in [0.2, 0.25) is 0 Å². The highest BCUT2D eigenvalue weighted by molar-refractivity contribution is 6.21. The molecule has 0 aromatic rings. The fourth-order valence-corrected chi connectivity index (χ4v) is 2.18. The van der Waals surface area contributed by atoms with Gasteiger partial charge in [-0.15, -0.1) is 11.6 Å². The minimum atomic E-state index is -0.562. The van der Waals surface area contributed by atoms with Crippen LogP contribution in [-0.2, 0) is 9.53 Å². The summed E-state index contributed by atoms with van der Waals surface area (Å²) in [7, 11) is 0. The molecule has 1 N–H and O–H groups in total. The molecule has 4 atom stereocenters. The third-order valence-corrected chi connectivity index (χ3v) is 2.87. The molecule has 0 radical (unpaired) electrons. The van der Waals surface area contributed by atoms with Crippen LogP contribution in [-0.4, -0.2) is 28.7 Å². The van der Waals surface area contributed by atoms with Crippen LogP contribution in [0.15, 0.2) is 0 Å². The van der Waals surface area contributed by atoms with E-state index >= 15 is 0 Å². The van der Waals surface area contributed by atoms with Crippen LogP contribution in [0.1, 0.15) is 12.8 Å². The van der Waals surface area contributed by atoms with Gasteiger partial charge in [0.05, 0.1) is 17.9 Å². The lowest BCUT2D eigenvalue weighted by Crippen LogP contribution is -2.22. The molecule has 1 aliphatic carbocycles. The van der Waals surface area contributed by atoms with Crippen molar-refractivity contribution in [2.24, 2.45) is 5.92 Å². The van der Waals surface area contributed by atoms with E-state index in [1.807, 2.05) is 0 Å². The van der Waals surface area contributed by atoms with E-state index in [0.717, 1.165) is 0 Å². The summed E-state index contributed by atoms with van der Waals surface area (Å²) in [6.07, 6.45) is 0.238. The van der Waals surface area contributed by atoms with Crippen LogP contribution in [0, 0.1) is 5.92 Å². The molecule has 3 nitrogen and oxygen atoms in total. The third-order valence-electron chi connectivity index (χ3n) is 2.43. The van der Waals surface area contributed by atoms with Crippen molar-refractivity contribution in [3.05, 3.63) is 0 Å². The Labute approximate surface area is 69.3 Å². The lowest BCUT2D eigenvalue weighted by molar-refractivity contribution is -0.141. The Morgan fingerprint density at radius 3 is 3.00 bits per heavy atom. The molecule has 0 bridgehead atoms. The first-order valence-corrected chi connectivity index (χ1v) is 4.14. The minimum absolute atomic E-state index is 0.0509. The molecule has 1 saturated heterocycles. The van der Waals surface area contributed by atoms with Crippen molar-refractivity contribution in [2.75, 3.05) is 0 Å². The zero-order valence-electron chi connectivity index (χ0n) is 5.87. The number of hydrogen-bond donors (Lipinski definition) is 1. The normalized spacial score (nSPS) is 49.1. The van der Waals surface area contributed by atoms with Crippen molar-refractivity contribution in [3.8, 4) is 0 Å². The monoisotopic (exact) mass is 176 g/mol. The lowest BCUT2D eigenvalue weighted by Gasteiger charge is -2.09. The fourth-order valence-electron chi connectivity index (χ4n) is 1.82. The highest BCUT2D eigenvalue weighted by atomic mass is 35.5. The van der Waals surface area contributed by atoms with Crippen molar-refractivity contribution in [1.82, 2.24) is 0 Å². The Bertz CT molecular complexity index is 194. The maximum absolute atomic E-state index is 10.7. The highest BCUT2D eigenvalue weighted by Gasteiger charge is 2.48. The average Bonchev–Trinajstić information content (AvgIpc) is 2.37. The molecule has 2 fully saturated rings. The van der Waals surface area contributed by atoms with E-state index in [2.05, 4.69) is 0 Å². The van der Waals surface area contributed by atoms with E-state index in [1.165, 1.54) is 0 Å². The van der Waals surface area contributed by atoms with E-state index in [-0.39, 0.29) is 23.4 Å². The number of rotatable bonds is 0. The van der Waals surface area contributed by atoms with Gasteiger partial charge in [0, 0.05) is 12.3 Å². The number of hydrogen-bond acceptors (Lipinski definition) is 3. The Morgan fingerprint density at radius 2 is 2.36 bits per heavy atom. The van der Waals surface area contributed by atoms with E-state index < -0.39 is 6.10 Å². The number of fused-ring (bicyclic) bond motifs is 1. The number of esters is 1. The van der Waals surface area contributed by atoms with Gasteiger partial charge in [0.15, 0.2) is 0 Å². The maximum atomic E-state index is 10.7. The second-order valence-electron chi connectivity index (χ2n) is 3.14. The maximum Gasteiger partial charge on any atom is 0.306 e. The number of aliphatic hydroxyl groups is 1. The van der Waals surface area contributed by atoms with Crippen molar-refractivity contribution in [3.63, 3.8) is 0 Å². The van der Waals surface area contributed by atoms with E-state index in [4.69, 9.17) is 16.3 Å². The summed E-state index contributed by atoms with van der Waals surface area (Å²) >= 11 is 5.77. The Morgan fingerprint density at radius 1 is 1.64 bits per heavy atom. The van der Waals surface area contributed by atoms with E-state index in [9.17, 15) is 9.90 Å². The number of ether oxygens (including phenoxy) is 1. The average molecular weight is 177 g/mol. The minimum Gasteiger partial charge on any atom is -0.462 e. The molecule has 0 aromatic heterocycles. The van der Waals surface area contributed by atoms with Crippen LogP contribution in [0.4, 0.5) is 0 Å². The number of alkyl halides is 1. The molecule has 62 valence electrons. The fraction of sp³-hybridized carbons (Fsp3) is 0.857. The first-order chi connectivity index (χ1) is 5.18. The molecular weight excluding hydrogens is 168 g/mol. The molecule has 0 aromatic carbocycles. The molecule has 1 heterocycles. The molecule has 1 aliphatic heterocycles. The molecule has 11 heavy (non-hydrogen) atoms. The van der Waals surface area contributed by atoms with Crippen LogP contribution in [0.2, 0.25) is 0 Å². The predicted octanol–water partition coefficient (Wildman–Crippen LogP) is 0.290. The van der Waals surface area contributed by atoms with Gasteiger partial charge in [0.1, 0.15) is 6.10 Å². The summed E-state index contributed by atoms with van der Waals surface area (Å²) in [6.45, 7) is 0. The molecule has 4 unspecified atom stereocenters. The van der Waals surface area contributed by atoms with Gasteiger partial charge >= 0.3 is 5.97 Å². The predicted molar refractivity (Wildman–Crippen MR) is 38.3 cm³/mol. The molecule has 2 aliphatic rings.